The molecule has 1 rings (SSSR count). The number of hydrogen-bond acceptors (Lipinski definition) is 4. The van der Waals surface area contributed by atoms with Gasteiger partial charge in [0.15, 0.2) is 0 Å². The summed E-state index contributed by atoms with van der Waals surface area (Å²) in [4.78, 5) is 4.09. The van der Waals surface area contributed by atoms with Crippen LogP contribution in [0.4, 0.5) is 0 Å². The van der Waals surface area contributed by atoms with E-state index in [1.54, 1.807) is 13.3 Å². The van der Waals surface area contributed by atoms with Crippen LogP contribution < -0.4 is 10.1 Å². The van der Waals surface area contributed by atoms with Crippen LogP contribution in [0.2, 0.25) is 0 Å². The number of pyridine rings is 1. The molecule has 0 aliphatic heterocycles. The quantitative estimate of drug-likeness (QED) is 0.788. The second kappa shape index (κ2) is 5.99. The molecule has 1 aromatic rings. The van der Waals surface area contributed by atoms with Crippen molar-refractivity contribution in [1.82, 2.24) is 10.3 Å². The summed E-state index contributed by atoms with van der Waals surface area (Å²) >= 11 is 0. The van der Waals surface area contributed by atoms with E-state index in [0.29, 0.717) is 12.4 Å². The van der Waals surface area contributed by atoms with Crippen molar-refractivity contribution in [2.24, 2.45) is 5.92 Å². The molecule has 80 valence electrons. The minimum absolute atomic E-state index is 0.0382. The third kappa shape index (κ3) is 3.96. The maximum atomic E-state index is 8.58. The standard InChI is InChI=1S/C11H15N3O/c1-9(5-12)6-13-7-10-3-4-11(15-2)14-8-10/h3-4,8-9,13H,6-7H2,1-2H3. The van der Waals surface area contributed by atoms with Crippen LogP contribution in [-0.2, 0) is 6.54 Å². The molecule has 1 unspecified atom stereocenters. The molecule has 1 atom stereocenters. The Balaban J connectivity index is 2.35. The molecule has 0 aliphatic carbocycles. The van der Waals surface area contributed by atoms with E-state index in [9.17, 15) is 0 Å². The predicted octanol–water partition coefficient (Wildman–Crippen LogP) is 1.34. The van der Waals surface area contributed by atoms with E-state index in [1.165, 1.54) is 0 Å². The average Bonchev–Trinajstić information content (AvgIpc) is 2.29. The van der Waals surface area contributed by atoms with Gasteiger partial charge in [0, 0.05) is 25.4 Å². The molecule has 1 N–H and O–H groups in total. The lowest BCUT2D eigenvalue weighted by Crippen LogP contribution is -2.19. The molecule has 0 saturated heterocycles. The zero-order chi connectivity index (χ0) is 11.1. The topological polar surface area (TPSA) is 57.9 Å². The fourth-order valence-electron chi connectivity index (χ4n) is 1.11. The maximum absolute atomic E-state index is 8.58. The van der Waals surface area contributed by atoms with Crippen molar-refractivity contribution >= 4 is 0 Å². The van der Waals surface area contributed by atoms with E-state index in [1.807, 2.05) is 19.1 Å². The van der Waals surface area contributed by atoms with Crippen LogP contribution in [0.25, 0.3) is 0 Å². The van der Waals surface area contributed by atoms with Crippen LogP contribution in [-0.4, -0.2) is 18.6 Å². The Bertz CT molecular complexity index is 329. The molecule has 15 heavy (non-hydrogen) atoms. The molecule has 4 nitrogen and oxygen atoms in total. The van der Waals surface area contributed by atoms with Crippen LogP contribution in [0.5, 0.6) is 5.88 Å². The highest BCUT2D eigenvalue weighted by Gasteiger charge is 1.99. The predicted molar refractivity (Wildman–Crippen MR) is 57.3 cm³/mol. The Morgan fingerprint density at radius 2 is 2.40 bits per heavy atom. The van der Waals surface area contributed by atoms with Crippen LogP contribution in [0.15, 0.2) is 18.3 Å². The summed E-state index contributed by atoms with van der Waals surface area (Å²) in [5.74, 6) is 0.653. The van der Waals surface area contributed by atoms with Crippen molar-refractivity contribution in [2.45, 2.75) is 13.5 Å². The first-order chi connectivity index (χ1) is 7.26. The van der Waals surface area contributed by atoms with Gasteiger partial charge < -0.3 is 10.1 Å². The summed E-state index contributed by atoms with van der Waals surface area (Å²) < 4.78 is 4.95. The molecule has 0 saturated carbocycles. The third-order valence-corrected chi connectivity index (χ3v) is 2.01. The largest absolute Gasteiger partial charge is 0.481 e. The van der Waals surface area contributed by atoms with Crippen LogP contribution in [0.1, 0.15) is 12.5 Å². The van der Waals surface area contributed by atoms with E-state index in [4.69, 9.17) is 10.00 Å². The minimum atomic E-state index is 0.0382. The van der Waals surface area contributed by atoms with Crippen molar-refractivity contribution in [3.8, 4) is 11.9 Å². The normalized spacial score (nSPS) is 11.8. The number of ether oxygens (including phenoxy) is 1. The number of hydrogen-bond donors (Lipinski definition) is 1. The molecule has 1 aromatic heterocycles. The first-order valence-electron chi connectivity index (χ1n) is 4.85. The summed E-state index contributed by atoms with van der Waals surface area (Å²) in [6, 6.07) is 5.95. The summed E-state index contributed by atoms with van der Waals surface area (Å²) in [6.07, 6.45) is 1.77. The molecule has 0 fully saturated rings. The van der Waals surface area contributed by atoms with Gasteiger partial charge in [0.05, 0.1) is 19.1 Å². The first kappa shape index (κ1) is 11.5. The van der Waals surface area contributed by atoms with Crippen molar-refractivity contribution in [3.63, 3.8) is 0 Å². The molecule has 0 amide bonds. The van der Waals surface area contributed by atoms with Gasteiger partial charge in [0.25, 0.3) is 0 Å². The van der Waals surface area contributed by atoms with Gasteiger partial charge in [-0.05, 0) is 12.5 Å². The van der Waals surface area contributed by atoms with E-state index in [2.05, 4.69) is 16.4 Å². The molecule has 4 heteroatoms. The summed E-state index contributed by atoms with van der Waals surface area (Å²) in [7, 11) is 1.59. The fourth-order valence-corrected chi connectivity index (χ4v) is 1.11. The Kier molecular flexibility index (Phi) is 4.58. The molecule has 0 bridgehead atoms. The van der Waals surface area contributed by atoms with Gasteiger partial charge in [-0.1, -0.05) is 6.07 Å². The van der Waals surface area contributed by atoms with Crippen molar-refractivity contribution in [3.05, 3.63) is 23.9 Å². The lowest BCUT2D eigenvalue weighted by atomic mass is 10.2. The number of nitrogens with one attached hydrogen (secondary N) is 1. The van der Waals surface area contributed by atoms with E-state index < -0.39 is 0 Å². The number of nitrogens with zero attached hydrogens (tertiary/aromatic N) is 2. The highest BCUT2D eigenvalue weighted by Crippen LogP contribution is 2.06. The third-order valence-electron chi connectivity index (χ3n) is 2.01. The molecule has 0 radical (unpaired) electrons. The minimum Gasteiger partial charge on any atom is -0.481 e. The van der Waals surface area contributed by atoms with E-state index in [-0.39, 0.29) is 5.92 Å². The van der Waals surface area contributed by atoms with E-state index in [0.717, 1.165) is 12.1 Å². The molecule has 0 spiro atoms. The second-order valence-electron chi connectivity index (χ2n) is 3.37. The van der Waals surface area contributed by atoms with Gasteiger partial charge in [-0.3, -0.25) is 0 Å². The second-order valence-corrected chi connectivity index (χ2v) is 3.37. The van der Waals surface area contributed by atoms with Gasteiger partial charge >= 0.3 is 0 Å². The van der Waals surface area contributed by atoms with Crippen LogP contribution >= 0.6 is 0 Å². The number of methoxy groups -OCH3 is 1. The maximum Gasteiger partial charge on any atom is 0.212 e. The van der Waals surface area contributed by atoms with Gasteiger partial charge in [-0.15, -0.1) is 0 Å². The Morgan fingerprint density at radius 1 is 1.60 bits per heavy atom. The Labute approximate surface area is 89.9 Å². The summed E-state index contributed by atoms with van der Waals surface area (Å²) in [5.41, 5.74) is 1.08. The highest BCUT2D eigenvalue weighted by molar-refractivity contribution is 5.17. The lowest BCUT2D eigenvalue weighted by Gasteiger charge is -2.06. The highest BCUT2D eigenvalue weighted by atomic mass is 16.5. The lowest BCUT2D eigenvalue weighted by molar-refractivity contribution is 0.397. The van der Waals surface area contributed by atoms with Crippen molar-refractivity contribution in [1.29, 1.82) is 5.26 Å². The average molecular weight is 205 g/mol. The molecular weight excluding hydrogens is 190 g/mol. The molecular formula is C11H15N3O. The van der Waals surface area contributed by atoms with Gasteiger partial charge in [0.2, 0.25) is 5.88 Å². The van der Waals surface area contributed by atoms with Gasteiger partial charge in [0.1, 0.15) is 0 Å². The Hall–Kier alpha value is -1.60. The van der Waals surface area contributed by atoms with Crippen LogP contribution in [0, 0.1) is 17.2 Å². The SMILES string of the molecule is COc1ccc(CNCC(C)C#N)cn1. The molecule has 0 aliphatic rings. The summed E-state index contributed by atoms with van der Waals surface area (Å²) in [5, 5.41) is 11.8. The smallest absolute Gasteiger partial charge is 0.212 e. The van der Waals surface area contributed by atoms with Crippen LogP contribution in [0.3, 0.4) is 0 Å². The zero-order valence-corrected chi connectivity index (χ0v) is 9.03. The Morgan fingerprint density at radius 3 is 2.93 bits per heavy atom. The zero-order valence-electron chi connectivity index (χ0n) is 9.03. The fraction of sp³-hybridized carbons (Fsp3) is 0.455. The van der Waals surface area contributed by atoms with E-state index >= 15 is 0 Å². The number of rotatable bonds is 5. The van der Waals surface area contributed by atoms with Gasteiger partial charge in [-0.25, -0.2) is 4.98 Å². The molecule has 0 aromatic carbocycles. The van der Waals surface area contributed by atoms with Crippen molar-refractivity contribution < 1.29 is 4.74 Å². The number of aromatic nitrogens is 1. The van der Waals surface area contributed by atoms with Gasteiger partial charge in [-0.2, -0.15) is 5.26 Å². The number of nitriles is 1. The van der Waals surface area contributed by atoms with Crippen molar-refractivity contribution in [2.75, 3.05) is 13.7 Å². The monoisotopic (exact) mass is 205 g/mol. The summed E-state index contributed by atoms with van der Waals surface area (Å²) in [6.45, 7) is 3.31. The first-order valence-corrected chi connectivity index (χ1v) is 4.85. The molecule has 1 heterocycles.